The smallest absolute Gasteiger partial charge is 0.418 e. The quantitative estimate of drug-likeness (QED) is 0.846. The molecule has 0 atom stereocenters. The second-order valence-electron chi connectivity index (χ2n) is 3.10. The zero-order chi connectivity index (χ0) is 12.6. The molecule has 90 valence electrons. The van der Waals surface area contributed by atoms with Crippen molar-refractivity contribution in [1.82, 2.24) is 0 Å². The molecule has 1 aromatic rings. The van der Waals surface area contributed by atoms with Crippen LogP contribution in [-0.4, -0.2) is 19.8 Å². The van der Waals surface area contributed by atoms with Gasteiger partial charge in [-0.3, -0.25) is 4.72 Å². The van der Waals surface area contributed by atoms with Crippen molar-refractivity contribution in [3.8, 4) is 5.75 Å². The van der Waals surface area contributed by atoms with Crippen LogP contribution in [0.15, 0.2) is 18.2 Å². The standard InChI is InChI=1S/C8H8F3NO3S/c1-16(14,15)12-7-4-5(13)2-3-6(7)8(9,10)11/h2-4,12-13H,1H3. The first kappa shape index (κ1) is 12.6. The molecule has 0 amide bonds. The van der Waals surface area contributed by atoms with Crippen LogP contribution in [0, 0.1) is 0 Å². The molecule has 0 aliphatic rings. The fourth-order valence-corrected chi connectivity index (χ4v) is 1.63. The molecule has 0 fully saturated rings. The Morgan fingerprint density at radius 1 is 1.31 bits per heavy atom. The van der Waals surface area contributed by atoms with Gasteiger partial charge in [0.25, 0.3) is 0 Å². The Bertz CT molecular complexity index is 496. The monoisotopic (exact) mass is 255 g/mol. The van der Waals surface area contributed by atoms with Crippen LogP contribution < -0.4 is 4.72 Å². The largest absolute Gasteiger partial charge is 0.508 e. The zero-order valence-corrected chi connectivity index (χ0v) is 8.85. The van der Waals surface area contributed by atoms with E-state index >= 15 is 0 Å². The van der Waals surface area contributed by atoms with Crippen molar-refractivity contribution in [1.29, 1.82) is 0 Å². The molecule has 0 aromatic heterocycles. The summed E-state index contributed by atoms with van der Waals surface area (Å²) >= 11 is 0. The molecule has 0 aliphatic carbocycles. The lowest BCUT2D eigenvalue weighted by atomic mass is 10.1. The Morgan fingerprint density at radius 2 is 1.88 bits per heavy atom. The van der Waals surface area contributed by atoms with Gasteiger partial charge < -0.3 is 5.11 Å². The van der Waals surface area contributed by atoms with E-state index in [2.05, 4.69) is 0 Å². The number of nitrogens with one attached hydrogen (secondary N) is 1. The number of benzene rings is 1. The third-order valence-electron chi connectivity index (χ3n) is 1.60. The van der Waals surface area contributed by atoms with Gasteiger partial charge in [-0.15, -0.1) is 0 Å². The van der Waals surface area contributed by atoms with Crippen LogP contribution in [-0.2, 0) is 16.2 Å². The van der Waals surface area contributed by atoms with Crippen molar-refractivity contribution < 1.29 is 26.7 Å². The highest BCUT2D eigenvalue weighted by Crippen LogP contribution is 2.36. The molecule has 8 heteroatoms. The van der Waals surface area contributed by atoms with E-state index in [1.54, 1.807) is 4.72 Å². The minimum absolute atomic E-state index is 0.459. The highest BCUT2D eigenvalue weighted by Gasteiger charge is 2.34. The van der Waals surface area contributed by atoms with Gasteiger partial charge in [0.1, 0.15) is 5.75 Å². The maximum absolute atomic E-state index is 12.4. The molecule has 0 radical (unpaired) electrons. The summed E-state index contributed by atoms with van der Waals surface area (Å²) in [7, 11) is -3.84. The molecule has 1 aromatic carbocycles. The highest BCUT2D eigenvalue weighted by atomic mass is 32.2. The SMILES string of the molecule is CS(=O)(=O)Nc1cc(O)ccc1C(F)(F)F. The fraction of sp³-hybridized carbons (Fsp3) is 0.250. The number of phenols is 1. The van der Waals surface area contributed by atoms with E-state index in [-0.39, 0.29) is 0 Å². The van der Waals surface area contributed by atoms with Crippen LogP contribution in [0.4, 0.5) is 18.9 Å². The van der Waals surface area contributed by atoms with Crippen LogP contribution in [0.25, 0.3) is 0 Å². The molecule has 0 spiro atoms. The summed E-state index contributed by atoms with van der Waals surface area (Å²) in [4.78, 5) is 0. The average Bonchev–Trinajstić information content (AvgIpc) is 1.97. The molecule has 0 aliphatic heterocycles. The molecule has 0 unspecified atom stereocenters. The van der Waals surface area contributed by atoms with Crippen molar-refractivity contribution in [2.45, 2.75) is 6.18 Å². The number of hydrogen-bond acceptors (Lipinski definition) is 3. The summed E-state index contributed by atoms with van der Waals surface area (Å²) in [5.74, 6) is -0.459. The number of rotatable bonds is 2. The van der Waals surface area contributed by atoms with E-state index in [4.69, 9.17) is 5.11 Å². The van der Waals surface area contributed by atoms with Gasteiger partial charge in [0.2, 0.25) is 10.0 Å². The van der Waals surface area contributed by atoms with E-state index in [0.29, 0.717) is 12.1 Å². The van der Waals surface area contributed by atoms with Crippen molar-refractivity contribution in [3.05, 3.63) is 23.8 Å². The molecule has 0 saturated heterocycles. The van der Waals surface area contributed by atoms with Crippen LogP contribution in [0.1, 0.15) is 5.56 Å². The van der Waals surface area contributed by atoms with Crippen molar-refractivity contribution in [2.75, 3.05) is 11.0 Å². The zero-order valence-electron chi connectivity index (χ0n) is 8.04. The average molecular weight is 255 g/mol. The lowest BCUT2D eigenvalue weighted by Crippen LogP contribution is -2.15. The Kier molecular flexibility index (Phi) is 3.04. The van der Waals surface area contributed by atoms with Crippen LogP contribution in [0.2, 0.25) is 0 Å². The second kappa shape index (κ2) is 3.85. The summed E-state index contributed by atoms with van der Waals surface area (Å²) in [5.41, 5.74) is -1.86. The fourth-order valence-electron chi connectivity index (χ4n) is 1.06. The van der Waals surface area contributed by atoms with E-state index < -0.39 is 33.2 Å². The van der Waals surface area contributed by atoms with E-state index in [1.807, 2.05) is 0 Å². The lowest BCUT2D eigenvalue weighted by molar-refractivity contribution is -0.136. The molecule has 0 bridgehead atoms. The van der Waals surface area contributed by atoms with E-state index in [1.165, 1.54) is 0 Å². The minimum atomic E-state index is -4.69. The van der Waals surface area contributed by atoms with Gasteiger partial charge in [0, 0.05) is 6.07 Å². The summed E-state index contributed by atoms with van der Waals surface area (Å²) in [6.45, 7) is 0. The van der Waals surface area contributed by atoms with Crippen molar-refractivity contribution >= 4 is 15.7 Å². The Hall–Kier alpha value is -1.44. The summed E-state index contributed by atoms with van der Waals surface area (Å²) in [6.07, 6.45) is -3.97. The molecule has 16 heavy (non-hydrogen) atoms. The molecule has 0 saturated carbocycles. The number of halogens is 3. The molecule has 1 rings (SSSR count). The Balaban J connectivity index is 3.30. The number of alkyl halides is 3. The predicted molar refractivity (Wildman–Crippen MR) is 51.6 cm³/mol. The number of sulfonamides is 1. The first-order chi connectivity index (χ1) is 7.09. The third kappa shape index (κ3) is 3.30. The van der Waals surface area contributed by atoms with E-state index in [0.717, 1.165) is 12.3 Å². The Morgan fingerprint density at radius 3 is 2.31 bits per heavy atom. The van der Waals surface area contributed by atoms with Crippen LogP contribution in [0.3, 0.4) is 0 Å². The summed E-state index contributed by atoms with van der Waals surface area (Å²) in [6, 6.07) is 2.13. The number of hydrogen-bond donors (Lipinski definition) is 2. The van der Waals surface area contributed by atoms with Gasteiger partial charge in [0.15, 0.2) is 0 Å². The van der Waals surface area contributed by atoms with Crippen molar-refractivity contribution in [2.24, 2.45) is 0 Å². The normalized spacial score (nSPS) is 12.5. The van der Waals surface area contributed by atoms with Gasteiger partial charge in [-0.1, -0.05) is 0 Å². The first-order valence-electron chi connectivity index (χ1n) is 3.97. The number of phenolic OH excluding ortho intramolecular Hbond substituents is 1. The topological polar surface area (TPSA) is 66.4 Å². The van der Waals surface area contributed by atoms with Gasteiger partial charge >= 0.3 is 6.18 Å². The molecular weight excluding hydrogens is 247 g/mol. The maximum atomic E-state index is 12.4. The van der Waals surface area contributed by atoms with Gasteiger partial charge in [-0.2, -0.15) is 13.2 Å². The summed E-state index contributed by atoms with van der Waals surface area (Å²) in [5, 5.41) is 9.00. The van der Waals surface area contributed by atoms with Crippen LogP contribution in [0.5, 0.6) is 5.75 Å². The molecule has 2 N–H and O–H groups in total. The minimum Gasteiger partial charge on any atom is -0.508 e. The summed E-state index contributed by atoms with van der Waals surface area (Å²) < 4.78 is 60.7. The van der Waals surface area contributed by atoms with Crippen LogP contribution >= 0.6 is 0 Å². The third-order valence-corrected chi connectivity index (χ3v) is 2.19. The number of aromatic hydroxyl groups is 1. The maximum Gasteiger partial charge on any atom is 0.418 e. The van der Waals surface area contributed by atoms with E-state index in [9.17, 15) is 21.6 Å². The Labute approximate surface area is 89.8 Å². The predicted octanol–water partition coefficient (Wildman–Crippen LogP) is 1.78. The highest BCUT2D eigenvalue weighted by molar-refractivity contribution is 7.92. The van der Waals surface area contributed by atoms with Gasteiger partial charge in [0.05, 0.1) is 17.5 Å². The van der Waals surface area contributed by atoms with Gasteiger partial charge in [-0.25, -0.2) is 8.42 Å². The molecule has 4 nitrogen and oxygen atoms in total. The second-order valence-corrected chi connectivity index (χ2v) is 4.85. The number of anilines is 1. The first-order valence-corrected chi connectivity index (χ1v) is 5.87. The molecule has 0 heterocycles. The molecular formula is C8H8F3NO3S. The lowest BCUT2D eigenvalue weighted by Gasteiger charge is -2.13. The van der Waals surface area contributed by atoms with Gasteiger partial charge in [-0.05, 0) is 12.1 Å². The van der Waals surface area contributed by atoms with Crippen molar-refractivity contribution in [3.63, 3.8) is 0 Å².